The molecule has 1 fully saturated rings. The van der Waals surface area contributed by atoms with E-state index in [4.69, 9.17) is 4.74 Å². The Labute approximate surface area is 162 Å². The second kappa shape index (κ2) is 8.28. The lowest BCUT2D eigenvalue weighted by molar-refractivity contribution is -0.384. The minimum Gasteiger partial charge on any atom is -0.379 e. The van der Waals surface area contributed by atoms with Crippen molar-refractivity contribution < 1.29 is 9.66 Å². The molecule has 4 rings (SSSR count). The van der Waals surface area contributed by atoms with Crippen LogP contribution in [0.1, 0.15) is 5.56 Å². The number of aromatic nitrogens is 2. The van der Waals surface area contributed by atoms with E-state index in [2.05, 4.69) is 19.4 Å². The summed E-state index contributed by atoms with van der Waals surface area (Å²) in [5, 5.41) is 10.8. The Hall–Kier alpha value is -3.10. The molecule has 144 valence electrons. The Bertz CT molecular complexity index is 991. The molecule has 0 saturated carbocycles. The van der Waals surface area contributed by atoms with Gasteiger partial charge < -0.3 is 9.30 Å². The number of hydrogen-bond donors (Lipinski definition) is 0. The van der Waals surface area contributed by atoms with Crippen molar-refractivity contribution in [1.29, 1.82) is 0 Å². The van der Waals surface area contributed by atoms with E-state index in [-0.39, 0.29) is 5.69 Å². The van der Waals surface area contributed by atoms with Gasteiger partial charge in [0.1, 0.15) is 0 Å². The van der Waals surface area contributed by atoms with Gasteiger partial charge in [-0.25, -0.2) is 9.98 Å². The first-order chi connectivity index (χ1) is 13.7. The normalized spacial score (nSPS) is 15.4. The Balaban J connectivity index is 1.57. The third-order valence-corrected chi connectivity index (χ3v) is 4.81. The summed E-state index contributed by atoms with van der Waals surface area (Å²) in [5.41, 5.74) is 2.80. The second-order valence-corrected chi connectivity index (χ2v) is 6.61. The number of aliphatic imine (C=N–C) groups is 1. The van der Waals surface area contributed by atoms with Crippen LogP contribution in [0.5, 0.6) is 0 Å². The predicted octanol–water partition coefficient (Wildman–Crippen LogP) is 3.03. The first-order valence-corrected chi connectivity index (χ1v) is 9.24. The molecule has 28 heavy (non-hydrogen) atoms. The lowest BCUT2D eigenvalue weighted by Gasteiger charge is -2.26. The summed E-state index contributed by atoms with van der Waals surface area (Å²) in [7, 11) is 0. The van der Waals surface area contributed by atoms with Crippen molar-refractivity contribution >= 4 is 28.9 Å². The second-order valence-electron chi connectivity index (χ2n) is 6.61. The number of non-ortho nitro benzene ring substituents is 1. The van der Waals surface area contributed by atoms with E-state index in [0.717, 1.165) is 56.0 Å². The fraction of sp³-hybridized carbons (Fsp3) is 0.300. The highest BCUT2D eigenvalue weighted by Gasteiger charge is 2.13. The minimum atomic E-state index is -0.411. The largest absolute Gasteiger partial charge is 0.379 e. The first kappa shape index (κ1) is 18.3. The van der Waals surface area contributed by atoms with E-state index >= 15 is 0 Å². The van der Waals surface area contributed by atoms with Crippen LogP contribution in [0.3, 0.4) is 0 Å². The quantitative estimate of drug-likeness (QED) is 0.373. The average molecular weight is 379 g/mol. The van der Waals surface area contributed by atoms with Crippen molar-refractivity contribution in [1.82, 2.24) is 14.5 Å². The molecule has 0 bridgehead atoms. The van der Waals surface area contributed by atoms with Crippen LogP contribution in [0.25, 0.3) is 11.0 Å². The monoisotopic (exact) mass is 379 g/mol. The van der Waals surface area contributed by atoms with E-state index in [9.17, 15) is 10.1 Å². The number of morpholine rings is 1. The molecule has 8 nitrogen and oxygen atoms in total. The van der Waals surface area contributed by atoms with E-state index in [1.165, 1.54) is 12.1 Å². The molecule has 1 aliphatic rings. The summed E-state index contributed by atoms with van der Waals surface area (Å²) in [6.45, 7) is 5.12. The summed E-state index contributed by atoms with van der Waals surface area (Å²) in [5.74, 6) is 0.632. The lowest BCUT2D eigenvalue weighted by Crippen LogP contribution is -2.38. The van der Waals surface area contributed by atoms with Crippen molar-refractivity contribution in [3.63, 3.8) is 0 Å². The van der Waals surface area contributed by atoms with Crippen LogP contribution >= 0.6 is 0 Å². The van der Waals surface area contributed by atoms with Gasteiger partial charge in [0.25, 0.3) is 5.69 Å². The van der Waals surface area contributed by atoms with Gasteiger partial charge >= 0.3 is 0 Å². The molecular weight excluding hydrogens is 358 g/mol. The third-order valence-electron chi connectivity index (χ3n) is 4.81. The van der Waals surface area contributed by atoms with Crippen LogP contribution < -0.4 is 0 Å². The summed E-state index contributed by atoms with van der Waals surface area (Å²) >= 11 is 0. The highest BCUT2D eigenvalue weighted by Crippen LogP contribution is 2.22. The molecule has 3 aromatic rings. The minimum absolute atomic E-state index is 0.0647. The molecule has 2 aromatic carbocycles. The van der Waals surface area contributed by atoms with Gasteiger partial charge in [0.15, 0.2) is 0 Å². The summed E-state index contributed by atoms with van der Waals surface area (Å²) in [6, 6.07) is 14.3. The van der Waals surface area contributed by atoms with Gasteiger partial charge in [0.2, 0.25) is 5.95 Å². The molecule has 2 heterocycles. The van der Waals surface area contributed by atoms with Gasteiger partial charge in [0.05, 0.1) is 29.2 Å². The van der Waals surface area contributed by atoms with Crippen molar-refractivity contribution in [3.05, 3.63) is 64.2 Å². The fourth-order valence-electron chi connectivity index (χ4n) is 3.26. The molecule has 0 N–H and O–H groups in total. The van der Waals surface area contributed by atoms with Crippen molar-refractivity contribution in [3.8, 4) is 0 Å². The number of fused-ring (bicyclic) bond motifs is 1. The molecule has 0 radical (unpaired) electrons. The Morgan fingerprint density at radius 3 is 2.61 bits per heavy atom. The summed E-state index contributed by atoms with van der Waals surface area (Å²) in [4.78, 5) is 22.0. The van der Waals surface area contributed by atoms with Gasteiger partial charge in [0, 0.05) is 44.5 Å². The van der Waals surface area contributed by atoms with Crippen LogP contribution in [0, 0.1) is 10.1 Å². The zero-order chi connectivity index (χ0) is 19.3. The van der Waals surface area contributed by atoms with Crippen molar-refractivity contribution in [2.75, 3.05) is 32.8 Å². The van der Waals surface area contributed by atoms with Crippen LogP contribution in [-0.2, 0) is 11.3 Å². The third kappa shape index (κ3) is 4.08. The molecule has 0 aliphatic carbocycles. The number of nitro groups is 1. The maximum atomic E-state index is 10.8. The maximum absolute atomic E-state index is 10.8. The molecule has 0 spiro atoms. The van der Waals surface area contributed by atoms with Crippen LogP contribution in [0.2, 0.25) is 0 Å². The molecule has 8 heteroatoms. The first-order valence-electron chi connectivity index (χ1n) is 9.24. The SMILES string of the molecule is O=[N+]([O-])c1ccc(/C=N/c2nc3ccccc3n2CCN2CCOCC2)cc1. The van der Waals surface area contributed by atoms with Gasteiger partial charge in [-0.3, -0.25) is 15.0 Å². The van der Waals surface area contributed by atoms with Crippen molar-refractivity contribution in [2.45, 2.75) is 6.54 Å². The van der Waals surface area contributed by atoms with E-state index in [0.29, 0.717) is 5.95 Å². The highest BCUT2D eigenvalue weighted by atomic mass is 16.6. The lowest BCUT2D eigenvalue weighted by atomic mass is 10.2. The molecule has 1 aromatic heterocycles. The van der Waals surface area contributed by atoms with E-state index in [1.807, 2.05) is 24.3 Å². The van der Waals surface area contributed by atoms with E-state index in [1.54, 1.807) is 18.3 Å². The fourth-order valence-corrected chi connectivity index (χ4v) is 3.26. The van der Waals surface area contributed by atoms with Crippen LogP contribution in [0.15, 0.2) is 53.5 Å². The van der Waals surface area contributed by atoms with Gasteiger partial charge in [-0.05, 0) is 29.8 Å². The Morgan fingerprint density at radius 1 is 1.11 bits per heavy atom. The number of ether oxygens (including phenoxy) is 1. The number of nitrogens with zero attached hydrogens (tertiary/aromatic N) is 5. The highest BCUT2D eigenvalue weighted by molar-refractivity contribution is 5.84. The molecular formula is C20H21N5O3. The molecule has 1 saturated heterocycles. The average Bonchev–Trinajstić information content (AvgIpc) is 3.09. The number of nitro benzene ring substituents is 1. The number of hydrogen-bond acceptors (Lipinski definition) is 6. The molecule has 0 amide bonds. The number of benzene rings is 2. The topological polar surface area (TPSA) is 85.8 Å². The number of rotatable bonds is 6. The number of imidazole rings is 1. The summed E-state index contributed by atoms with van der Waals surface area (Å²) in [6.07, 6.45) is 1.69. The van der Waals surface area contributed by atoms with E-state index < -0.39 is 4.92 Å². The number of para-hydroxylation sites is 2. The van der Waals surface area contributed by atoms with Gasteiger partial charge in [-0.2, -0.15) is 0 Å². The molecule has 0 atom stereocenters. The van der Waals surface area contributed by atoms with Gasteiger partial charge in [-0.1, -0.05) is 12.1 Å². The van der Waals surface area contributed by atoms with Gasteiger partial charge in [-0.15, -0.1) is 0 Å². The zero-order valence-electron chi connectivity index (χ0n) is 15.4. The van der Waals surface area contributed by atoms with Crippen molar-refractivity contribution in [2.24, 2.45) is 4.99 Å². The van der Waals surface area contributed by atoms with Crippen LogP contribution in [-0.4, -0.2) is 58.4 Å². The standard InChI is InChI=1S/C20H21N5O3/c26-25(27)17-7-5-16(6-8-17)15-21-20-22-18-3-1-2-4-19(18)24(20)10-9-23-11-13-28-14-12-23/h1-8,15H,9-14H2/b21-15+. The molecule has 0 unspecified atom stereocenters. The Kier molecular flexibility index (Phi) is 5.41. The smallest absolute Gasteiger partial charge is 0.269 e. The zero-order valence-corrected chi connectivity index (χ0v) is 15.4. The van der Waals surface area contributed by atoms with Crippen LogP contribution in [0.4, 0.5) is 11.6 Å². The molecule has 1 aliphatic heterocycles. The maximum Gasteiger partial charge on any atom is 0.269 e. The predicted molar refractivity (Wildman–Crippen MR) is 107 cm³/mol. The Morgan fingerprint density at radius 2 is 1.86 bits per heavy atom. The summed E-state index contributed by atoms with van der Waals surface area (Å²) < 4.78 is 7.53.